The first-order valence-corrected chi connectivity index (χ1v) is 5.82. The molecule has 1 N–H and O–H groups in total. The summed E-state index contributed by atoms with van der Waals surface area (Å²) >= 11 is 0. The number of carbonyl (C=O) groups excluding carboxylic acids is 2. The van der Waals surface area contributed by atoms with Crippen molar-refractivity contribution in [1.82, 2.24) is 4.90 Å². The van der Waals surface area contributed by atoms with Gasteiger partial charge >= 0.3 is 5.97 Å². The minimum Gasteiger partial charge on any atom is -0.481 e. The fourth-order valence-corrected chi connectivity index (χ4v) is 2.56. The van der Waals surface area contributed by atoms with E-state index in [1.807, 2.05) is 0 Å². The minimum absolute atomic E-state index is 0.00694. The molecular weight excluding hydrogens is 222 g/mol. The number of carbonyl (C=O) groups is 3. The number of amides is 2. The second kappa shape index (κ2) is 4.31. The van der Waals surface area contributed by atoms with Gasteiger partial charge in [0.15, 0.2) is 0 Å². The molecule has 17 heavy (non-hydrogen) atoms. The SMILES string of the molecule is O=C1C=CC(=O)N1CC1(C(=O)O)CCCCC1. The van der Waals surface area contributed by atoms with E-state index in [-0.39, 0.29) is 6.54 Å². The third-order valence-electron chi connectivity index (χ3n) is 3.63. The fraction of sp³-hybridized carbons (Fsp3) is 0.583. The Kier molecular flexibility index (Phi) is 3.00. The highest BCUT2D eigenvalue weighted by atomic mass is 16.4. The maximum absolute atomic E-state index is 11.4. The van der Waals surface area contributed by atoms with Crippen molar-refractivity contribution in [1.29, 1.82) is 0 Å². The van der Waals surface area contributed by atoms with Crippen LogP contribution in [0, 0.1) is 5.41 Å². The lowest BCUT2D eigenvalue weighted by molar-refractivity contribution is -0.154. The minimum atomic E-state index is -0.935. The Bertz CT molecular complexity index is 375. The Morgan fingerprint density at radius 2 is 1.71 bits per heavy atom. The summed E-state index contributed by atoms with van der Waals surface area (Å²) in [5, 5.41) is 9.35. The zero-order valence-electron chi connectivity index (χ0n) is 9.52. The molecule has 0 aromatic heterocycles. The van der Waals surface area contributed by atoms with Gasteiger partial charge in [-0.25, -0.2) is 0 Å². The van der Waals surface area contributed by atoms with Crippen molar-refractivity contribution in [2.45, 2.75) is 32.1 Å². The van der Waals surface area contributed by atoms with Crippen LogP contribution in [0.15, 0.2) is 12.2 Å². The van der Waals surface area contributed by atoms with E-state index in [2.05, 4.69) is 0 Å². The van der Waals surface area contributed by atoms with Crippen LogP contribution in [0.5, 0.6) is 0 Å². The average molecular weight is 237 g/mol. The van der Waals surface area contributed by atoms with Gasteiger partial charge in [-0.1, -0.05) is 19.3 Å². The van der Waals surface area contributed by atoms with Crippen LogP contribution in [-0.2, 0) is 14.4 Å². The quantitative estimate of drug-likeness (QED) is 0.741. The fourth-order valence-electron chi connectivity index (χ4n) is 2.56. The van der Waals surface area contributed by atoms with Gasteiger partial charge < -0.3 is 5.11 Å². The molecule has 2 rings (SSSR count). The van der Waals surface area contributed by atoms with Gasteiger partial charge in [-0.2, -0.15) is 0 Å². The smallest absolute Gasteiger partial charge is 0.311 e. The van der Waals surface area contributed by atoms with Crippen molar-refractivity contribution >= 4 is 17.8 Å². The predicted molar refractivity (Wildman–Crippen MR) is 59.0 cm³/mol. The van der Waals surface area contributed by atoms with Crippen LogP contribution in [0.25, 0.3) is 0 Å². The van der Waals surface area contributed by atoms with E-state index < -0.39 is 23.2 Å². The predicted octanol–water partition coefficient (Wildman–Crippen LogP) is 0.946. The van der Waals surface area contributed by atoms with Crippen LogP contribution in [-0.4, -0.2) is 34.3 Å². The molecule has 1 aliphatic carbocycles. The number of hydrogen-bond acceptors (Lipinski definition) is 3. The lowest BCUT2D eigenvalue weighted by atomic mass is 9.73. The summed E-state index contributed by atoms with van der Waals surface area (Å²) in [5.41, 5.74) is -0.935. The lowest BCUT2D eigenvalue weighted by Gasteiger charge is -2.35. The van der Waals surface area contributed by atoms with Gasteiger partial charge in [-0.15, -0.1) is 0 Å². The van der Waals surface area contributed by atoms with Crippen LogP contribution in [0.2, 0.25) is 0 Å². The number of imide groups is 1. The molecule has 0 aromatic carbocycles. The van der Waals surface area contributed by atoms with E-state index in [4.69, 9.17) is 0 Å². The highest BCUT2D eigenvalue weighted by Gasteiger charge is 2.43. The van der Waals surface area contributed by atoms with Gasteiger partial charge in [0, 0.05) is 18.7 Å². The number of carboxylic acid groups (broad SMARTS) is 1. The first kappa shape index (κ1) is 11.8. The van der Waals surface area contributed by atoms with Crippen LogP contribution in [0.4, 0.5) is 0 Å². The second-order valence-electron chi connectivity index (χ2n) is 4.74. The van der Waals surface area contributed by atoms with E-state index in [1.54, 1.807) is 0 Å². The van der Waals surface area contributed by atoms with Crippen LogP contribution < -0.4 is 0 Å². The molecule has 1 heterocycles. The average Bonchev–Trinajstić information content (AvgIpc) is 2.62. The molecule has 5 nitrogen and oxygen atoms in total. The van der Waals surface area contributed by atoms with Gasteiger partial charge in [-0.05, 0) is 12.8 Å². The maximum Gasteiger partial charge on any atom is 0.311 e. The van der Waals surface area contributed by atoms with E-state index in [0.29, 0.717) is 12.8 Å². The van der Waals surface area contributed by atoms with Crippen molar-refractivity contribution in [2.24, 2.45) is 5.41 Å². The van der Waals surface area contributed by atoms with Crippen molar-refractivity contribution in [3.63, 3.8) is 0 Å². The largest absolute Gasteiger partial charge is 0.481 e. The molecule has 1 fully saturated rings. The Morgan fingerprint density at radius 3 is 2.18 bits per heavy atom. The zero-order valence-corrected chi connectivity index (χ0v) is 9.52. The third kappa shape index (κ3) is 2.09. The topological polar surface area (TPSA) is 74.7 Å². The van der Waals surface area contributed by atoms with E-state index >= 15 is 0 Å². The van der Waals surface area contributed by atoms with E-state index in [9.17, 15) is 19.5 Å². The van der Waals surface area contributed by atoms with Crippen molar-refractivity contribution < 1.29 is 19.5 Å². The van der Waals surface area contributed by atoms with Gasteiger partial charge in [-0.3, -0.25) is 19.3 Å². The van der Waals surface area contributed by atoms with Gasteiger partial charge in [0.2, 0.25) is 0 Å². The summed E-state index contributed by atoms with van der Waals surface area (Å²) in [7, 11) is 0. The normalized spacial score (nSPS) is 23.2. The molecule has 1 aliphatic heterocycles. The Hall–Kier alpha value is -1.65. The van der Waals surface area contributed by atoms with Crippen molar-refractivity contribution in [2.75, 3.05) is 6.54 Å². The van der Waals surface area contributed by atoms with Gasteiger partial charge in [0.05, 0.1) is 5.41 Å². The van der Waals surface area contributed by atoms with Crippen LogP contribution >= 0.6 is 0 Å². The Labute approximate surface area is 99.1 Å². The van der Waals surface area contributed by atoms with Crippen molar-refractivity contribution in [3.05, 3.63) is 12.2 Å². The van der Waals surface area contributed by atoms with Crippen LogP contribution in [0.3, 0.4) is 0 Å². The Morgan fingerprint density at radius 1 is 1.18 bits per heavy atom. The summed E-state index contributed by atoms with van der Waals surface area (Å²) in [6.45, 7) is 0.00694. The number of rotatable bonds is 3. The lowest BCUT2D eigenvalue weighted by Crippen LogP contribution is -2.46. The molecule has 0 unspecified atom stereocenters. The molecule has 1 saturated carbocycles. The number of carboxylic acids is 1. The molecule has 0 radical (unpaired) electrons. The molecule has 0 atom stereocenters. The first-order valence-electron chi connectivity index (χ1n) is 5.82. The Balaban J connectivity index is 2.16. The summed E-state index contributed by atoms with van der Waals surface area (Å²) in [6.07, 6.45) is 6.18. The number of hydrogen-bond donors (Lipinski definition) is 1. The molecule has 2 aliphatic rings. The first-order chi connectivity index (χ1) is 8.05. The molecular formula is C12H15NO4. The van der Waals surface area contributed by atoms with E-state index in [1.165, 1.54) is 12.2 Å². The molecule has 0 bridgehead atoms. The molecule has 0 aromatic rings. The molecule has 5 heteroatoms. The highest BCUT2D eigenvalue weighted by Crippen LogP contribution is 2.37. The summed E-state index contributed by atoms with van der Waals surface area (Å²) in [5.74, 6) is -1.70. The standard InChI is InChI=1S/C12H15NO4/c14-9-4-5-10(15)13(9)8-12(11(16)17)6-2-1-3-7-12/h4-5H,1-3,6-8H2,(H,16,17). The third-order valence-corrected chi connectivity index (χ3v) is 3.63. The van der Waals surface area contributed by atoms with Gasteiger partial charge in [0.25, 0.3) is 11.8 Å². The number of nitrogens with zero attached hydrogens (tertiary/aromatic N) is 1. The molecule has 0 saturated heterocycles. The molecule has 0 spiro atoms. The second-order valence-corrected chi connectivity index (χ2v) is 4.74. The van der Waals surface area contributed by atoms with Crippen LogP contribution in [0.1, 0.15) is 32.1 Å². The van der Waals surface area contributed by atoms with Crippen molar-refractivity contribution in [3.8, 4) is 0 Å². The summed E-state index contributed by atoms with van der Waals surface area (Å²) in [4.78, 5) is 35.3. The number of aliphatic carboxylic acids is 1. The molecule has 92 valence electrons. The highest BCUT2D eigenvalue weighted by molar-refractivity contribution is 6.13. The maximum atomic E-state index is 11.4. The van der Waals surface area contributed by atoms with Gasteiger partial charge in [0.1, 0.15) is 0 Å². The van der Waals surface area contributed by atoms with E-state index in [0.717, 1.165) is 24.2 Å². The monoisotopic (exact) mass is 237 g/mol. The summed E-state index contributed by atoms with van der Waals surface area (Å²) in [6, 6.07) is 0. The zero-order chi connectivity index (χ0) is 12.5. The molecule has 2 amide bonds. The summed E-state index contributed by atoms with van der Waals surface area (Å²) < 4.78 is 0.